The van der Waals surface area contributed by atoms with Crippen molar-refractivity contribution in [2.75, 3.05) is 0 Å². The number of aliphatic hydroxyl groups excluding tert-OH is 2. The van der Waals surface area contributed by atoms with Crippen molar-refractivity contribution in [1.29, 1.82) is 0 Å². The summed E-state index contributed by atoms with van der Waals surface area (Å²) in [6, 6.07) is 0. The Morgan fingerprint density at radius 2 is 0.659 bits per heavy atom. The van der Waals surface area contributed by atoms with Gasteiger partial charge in [-0.3, -0.25) is 9.59 Å². The van der Waals surface area contributed by atoms with Crippen LogP contribution in [-0.2, 0) is 9.59 Å². The fourth-order valence-corrected chi connectivity index (χ4v) is 12.4. The second-order valence-corrected chi connectivity index (χ2v) is 17.4. The van der Waals surface area contributed by atoms with Crippen molar-refractivity contribution in [2.24, 2.45) is 94.7 Å². The second kappa shape index (κ2) is 13.9. The van der Waals surface area contributed by atoms with Gasteiger partial charge in [0.2, 0.25) is 0 Å². The molecular formula is C38H64O6. The van der Waals surface area contributed by atoms with Gasteiger partial charge in [-0.05, 0) is 160 Å². The van der Waals surface area contributed by atoms with E-state index >= 15 is 0 Å². The molecule has 4 N–H and O–H groups in total. The summed E-state index contributed by atoms with van der Waals surface area (Å²) in [4.78, 5) is 23.1. The standard InChI is InChI=1S/C38H64O6/c1-19-13-31(21(3)11-29(19)25-7-9-27(37(41)42)35(39)17-25)33-15-24(6)34(16-23(33)5)32-14-20(2)30(12-22(32)4)26-8-10-28(38(43)44)36(40)18-26/h19-36,39-40H,7-18H2,1-6H3,(H,41,42)(H,43,44). The number of rotatable bonds is 6. The van der Waals surface area contributed by atoms with Crippen LogP contribution in [0, 0.1) is 94.7 Å². The van der Waals surface area contributed by atoms with E-state index in [4.69, 9.17) is 0 Å². The minimum absolute atomic E-state index is 0.458. The first-order valence-electron chi connectivity index (χ1n) is 18.6. The third-order valence-electron chi connectivity index (χ3n) is 14.9. The Balaban J connectivity index is 1.16. The Morgan fingerprint density at radius 3 is 0.909 bits per heavy atom. The highest BCUT2D eigenvalue weighted by Crippen LogP contribution is 2.56. The van der Waals surface area contributed by atoms with Gasteiger partial charge in [0.15, 0.2) is 0 Å². The fraction of sp³-hybridized carbons (Fsp3) is 0.947. The van der Waals surface area contributed by atoms with Crippen LogP contribution >= 0.6 is 0 Å². The summed E-state index contributed by atoms with van der Waals surface area (Å²) in [6.07, 6.45) is 10.8. The molecule has 18 atom stereocenters. The molecule has 0 aliphatic heterocycles. The molecule has 0 aromatic heterocycles. The van der Waals surface area contributed by atoms with Crippen LogP contribution in [0.2, 0.25) is 0 Å². The molecule has 5 saturated carbocycles. The van der Waals surface area contributed by atoms with E-state index in [0.29, 0.717) is 73.0 Å². The molecule has 6 heteroatoms. The number of hydrogen-bond donors (Lipinski definition) is 4. The maximum absolute atomic E-state index is 11.5. The smallest absolute Gasteiger partial charge is 0.309 e. The van der Waals surface area contributed by atoms with Gasteiger partial charge in [-0.15, -0.1) is 0 Å². The molecule has 5 aliphatic rings. The van der Waals surface area contributed by atoms with Crippen molar-refractivity contribution < 1.29 is 30.0 Å². The van der Waals surface area contributed by atoms with E-state index in [1.807, 2.05) is 0 Å². The van der Waals surface area contributed by atoms with E-state index in [2.05, 4.69) is 41.5 Å². The number of carboxylic acid groups (broad SMARTS) is 2. The lowest BCUT2D eigenvalue weighted by molar-refractivity contribution is -0.150. The molecule has 0 saturated heterocycles. The molecule has 5 rings (SSSR count). The molecule has 44 heavy (non-hydrogen) atoms. The van der Waals surface area contributed by atoms with Crippen LogP contribution < -0.4 is 0 Å². The van der Waals surface area contributed by atoms with Gasteiger partial charge in [-0.25, -0.2) is 0 Å². The summed E-state index contributed by atoms with van der Waals surface area (Å²) in [5, 5.41) is 40.1. The molecule has 0 amide bonds. The SMILES string of the molecule is CC1CC(C2CC(C)C(C3CC(C)C(C4CCC(C(=O)O)C(O)C4)CC3C)CC2C)C(C)CC1C1CCC(C(=O)O)C(O)C1. The lowest BCUT2D eigenvalue weighted by atomic mass is 9.52. The van der Waals surface area contributed by atoms with Crippen LogP contribution in [0.5, 0.6) is 0 Å². The predicted octanol–water partition coefficient (Wildman–Crippen LogP) is 7.61. The van der Waals surface area contributed by atoms with E-state index in [1.54, 1.807) is 0 Å². The number of carbonyl (C=O) groups is 2. The second-order valence-electron chi connectivity index (χ2n) is 17.4. The van der Waals surface area contributed by atoms with Crippen molar-refractivity contribution in [3.05, 3.63) is 0 Å². The molecular weight excluding hydrogens is 552 g/mol. The van der Waals surface area contributed by atoms with Crippen LogP contribution in [0.25, 0.3) is 0 Å². The Morgan fingerprint density at radius 1 is 0.409 bits per heavy atom. The highest BCUT2D eigenvalue weighted by molar-refractivity contribution is 5.71. The maximum Gasteiger partial charge on any atom is 0.309 e. The third kappa shape index (κ3) is 6.92. The van der Waals surface area contributed by atoms with E-state index in [0.717, 1.165) is 48.3 Å². The molecule has 0 radical (unpaired) electrons. The number of carboxylic acids is 2. The minimum Gasteiger partial charge on any atom is -0.481 e. The Hall–Kier alpha value is -1.14. The summed E-state index contributed by atoms with van der Waals surface area (Å²) in [5.74, 6) is 6.48. The molecule has 0 heterocycles. The van der Waals surface area contributed by atoms with Gasteiger partial charge in [0.25, 0.3) is 0 Å². The van der Waals surface area contributed by atoms with Crippen LogP contribution in [-0.4, -0.2) is 44.6 Å². The first kappa shape index (κ1) is 34.2. The molecule has 18 unspecified atom stereocenters. The summed E-state index contributed by atoms with van der Waals surface area (Å²) in [7, 11) is 0. The van der Waals surface area contributed by atoms with E-state index in [9.17, 15) is 30.0 Å². The monoisotopic (exact) mass is 616 g/mol. The average molecular weight is 617 g/mol. The highest BCUT2D eigenvalue weighted by Gasteiger charge is 2.49. The lowest BCUT2D eigenvalue weighted by Gasteiger charge is -2.53. The lowest BCUT2D eigenvalue weighted by Crippen LogP contribution is -2.46. The van der Waals surface area contributed by atoms with Crippen LogP contribution in [0.4, 0.5) is 0 Å². The minimum atomic E-state index is -0.837. The molecule has 0 aromatic carbocycles. The number of hydrogen-bond acceptors (Lipinski definition) is 4. The van der Waals surface area contributed by atoms with Crippen LogP contribution in [0.1, 0.15) is 119 Å². The van der Waals surface area contributed by atoms with Crippen molar-refractivity contribution in [3.63, 3.8) is 0 Å². The largest absolute Gasteiger partial charge is 0.481 e. The average Bonchev–Trinajstić information content (AvgIpc) is 2.95. The molecule has 6 nitrogen and oxygen atoms in total. The Kier molecular flexibility index (Phi) is 10.8. The van der Waals surface area contributed by atoms with Gasteiger partial charge in [-0.1, -0.05) is 41.5 Å². The Labute approximate surface area is 267 Å². The maximum atomic E-state index is 11.5. The molecule has 0 spiro atoms. The van der Waals surface area contributed by atoms with Gasteiger partial charge >= 0.3 is 11.9 Å². The Bertz CT molecular complexity index is 920. The first-order valence-corrected chi connectivity index (χ1v) is 18.6. The fourth-order valence-electron chi connectivity index (χ4n) is 12.4. The van der Waals surface area contributed by atoms with E-state index in [-0.39, 0.29) is 0 Å². The summed E-state index contributed by atoms with van der Waals surface area (Å²) in [6.45, 7) is 14.9. The molecule has 252 valence electrons. The molecule has 5 fully saturated rings. The van der Waals surface area contributed by atoms with Crippen LogP contribution in [0.15, 0.2) is 0 Å². The van der Waals surface area contributed by atoms with Crippen molar-refractivity contribution >= 4 is 11.9 Å². The topological polar surface area (TPSA) is 115 Å². The summed E-state index contributed by atoms with van der Waals surface area (Å²) in [5.41, 5.74) is 0. The molecule has 5 aliphatic carbocycles. The van der Waals surface area contributed by atoms with Crippen molar-refractivity contribution in [2.45, 2.75) is 131 Å². The van der Waals surface area contributed by atoms with Gasteiger partial charge in [0.05, 0.1) is 24.0 Å². The van der Waals surface area contributed by atoms with Gasteiger partial charge in [-0.2, -0.15) is 0 Å². The number of aliphatic hydroxyl groups is 2. The van der Waals surface area contributed by atoms with Gasteiger partial charge < -0.3 is 20.4 Å². The number of aliphatic carboxylic acids is 2. The zero-order valence-electron chi connectivity index (χ0n) is 28.5. The van der Waals surface area contributed by atoms with Gasteiger partial charge in [0, 0.05) is 0 Å². The van der Waals surface area contributed by atoms with Gasteiger partial charge in [0.1, 0.15) is 0 Å². The molecule has 0 bridgehead atoms. The summed E-state index contributed by atoms with van der Waals surface area (Å²) < 4.78 is 0. The predicted molar refractivity (Wildman–Crippen MR) is 173 cm³/mol. The first-order chi connectivity index (χ1) is 20.8. The van der Waals surface area contributed by atoms with Crippen molar-refractivity contribution in [1.82, 2.24) is 0 Å². The zero-order valence-corrected chi connectivity index (χ0v) is 28.5. The zero-order chi connectivity index (χ0) is 32.0. The highest BCUT2D eigenvalue weighted by atomic mass is 16.4. The molecule has 0 aromatic rings. The van der Waals surface area contributed by atoms with Crippen LogP contribution in [0.3, 0.4) is 0 Å². The summed E-state index contributed by atoms with van der Waals surface area (Å²) >= 11 is 0. The normalized spacial score (nSPS) is 52.3. The quantitative estimate of drug-likeness (QED) is 0.244. The third-order valence-corrected chi connectivity index (χ3v) is 14.9. The van der Waals surface area contributed by atoms with Crippen molar-refractivity contribution in [3.8, 4) is 0 Å². The van der Waals surface area contributed by atoms with E-state index < -0.39 is 36.0 Å². The van der Waals surface area contributed by atoms with E-state index in [1.165, 1.54) is 38.5 Å².